The quantitative estimate of drug-likeness (QED) is 0.173. The van der Waals surface area contributed by atoms with E-state index in [9.17, 15) is 4.79 Å². The van der Waals surface area contributed by atoms with Gasteiger partial charge < -0.3 is 15.0 Å². The number of aliphatic imine (C=N–C) groups is 1. The predicted octanol–water partition coefficient (Wildman–Crippen LogP) is 6.70. The van der Waals surface area contributed by atoms with Crippen LogP contribution in [0.3, 0.4) is 0 Å². The molecule has 0 aromatic carbocycles. The Kier molecular flexibility index (Phi) is 18.7. The van der Waals surface area contributed by atoms with E-state index in [1.165, 1.54) is 5.57 Å². The van der Waals surface area contributed by atoms with Gasteiger partial charge in [-0.25, -0.2) is 0 Å². The highest BCUT2D eigenvalue weighted by Crippen LogP contribution is 2.25. The molecule has 0 radical (unpaired) electrons. The number of allylic oxidation sites excluding steroid dienone is 7. The van der Waals surface area contributed by atoms with Crippen LogP contribution >= 0.6 is 0 Å². The maximum absolute atomic E-state index is 12.2. The third-order valence-corrected chi connectivity index (χ3v) is 4.80. The van der Waals surface area contributed by atoms with Gasteiger partial charge in [-0.15, -0.1) is 0 Å². The van der Waals surface area contributed by atoms with Crippen LogP contribution in [0.1, 0.15) is 61.3 Å². The van der Waals surface area contributed by atoms with Gasteiger partial charge in [0.2, 0.25) is 0 Å². The molecule has 2 aliphatic rings. The van der Waals surface area contributed by atoms with Crippen LogP contribution in [-0.2, 0) is 9.53 Å². The Balaban J connectivity index is 0.000000733. The van der Waals surface area contributed by atoms with Crippen molar-refractivity contribution in [3.8, 4) is 0 Å². The van der Waals surface area contributed by atoms with Gasteiger partial charge in [0.15, 0.2) is 0 Å². The molecule has 0 saturated heterocycles. The van der Waals surface area contributed by atoms with E-state index in [1.54, 1.807) is 6.08 Å². The number of nitrogens with zero attached hydrogens (tertiary/aromatic N) is 2. The molecule has 1 aliphatic carbocycles. The first kappa shape index (κ1) is 32.1. The number of carbonyl (C=O) groups excluding carboxylic acids is 1. The standard InChI is InChI=1S/C18H23N3O.C6H14O.C6H10/c1-5-16(20-13(2)3)18(22)19-12-14-10-11-21(4)17-9-7-6-8-15(14)17;1-3-5-7-6-4-2;1-3-5-6-4-2/h5-11,17H,12H2,1-4H3,(H,19,22);3-6H2,1-2H3;3-6H,1-2H3/b16-5-;;5-3-,6-4-. The van der Waals surface area contributed by atoms with Crippen molar-refractivity contribution >= 4 is 11.6 Å². The number of hydrogen-bond donors (Lipinski definition) is 1. The molecule has 0 spiro atoms. The Bertz CT molecular complexity index is 837. The maximum Gasteiger partial charge on any atom is 0.269 e. The Morgan fingerprint density at radius 1 is 1.06 bits per heavy atom. The molecule has 0 saturated carbocycles. The molecule has 194 valence electrons. The Morgan fingerprint density at radius 3 is 2.20 bits per heavy atom. The van der Waals surface area contributed by atoms with Crippen LogP contribution in [-0.4, -0.2) is 49.4 Å². The lowest BCUT2D eigenvalue weighted by atomic mass is 9.93. The van der Waals surface area contributed by atoms with E-state index in [0.717, 1.165) is 37.3 Å². The molecular weight excluding hydrogens is 434 g/mol. The molecule has 0 fully saturated rings. The Labute approximate surface area is 214 Å². The van der Waals surface area contributed by atoms with Gasteiger partial charge in [-0.3, -0.25) is 9.79 Å². The van der Waals surface area contributed by atoms with Crippen molar-refractivity contribution in [2.45, 2.75) is 67.3 Å². The van der Waals surface area contributed by atoms with Gasteiger partial charge >= 0.3 is 0 Å². The summed E-state index contributed by atoms with van der Waals surface area (Å²) < 4.78 is 5.13. The summed E-state index contributed by atoms with van der Waals surface area (Å²) in [5, 5.41) is 2.96. The highest BCUT2D eigenvalue weighted by molar-refractivity contribution is 5.96. The minimum absolute atomic E-state index is 0.143. The normalized spacial score (nSPS) is 16.5. The number of rotatable bonds is 9. The molecule has 1 N–H and O–H groups in total. The zero-order valence-corrected chi connectivity index (χ0v) is 23.2. The minimum atomic E-state index is -0.143. The SMILES string of the molecule is C/C=C(\N=C(C)C)C(=O)NCC1=C2C=CC=CC2N(C)C=C1.C/C=C\C=C/C.CCCOCCC. The zero-order chi connectivity index (χ0) is 26.5. The van der Waals surface area contributed by atoms with Crippen molar-refractivity contribution in [2.24, 2.45) is 4.99 Å². The monoisotopic (exact) mass is 481 g/mol. The second-order valence-electron chi connectivity index (χ2n) is 8.23. The molecule has 5 nitrogen and oxygen atoms in total. The fourth-order valence-corrected chi connectivity index (χ4v) is 3.11. The second-order valence-corrected chi connectivity index (χ2v) is 8.23. The van der Waals surface area contributed by atoms with Crippen LogP contribution in [0.4, 0.5) is 0 Å². The van der Waals surface area contributed by atoms with E-state index in [4.69, 9.17) is 4.74 Å². The van der Waals surface area contributed by atoms with Gasteiger partial charge in [0.25, 0.3) is 5.91 Å². The lowest BCUT2D eigenvalue weighted by Gasteiger charge is -2.32. The third kappa shape index (κ3) is 14.2. The molecular formula is C30H47N3O2. The van der Waals surface area contributed by atoms with Crippen LogP contribution in [0.2, 0.25) is 0 Å². The van der Waals surface area contributed by atoms with Gasteiger partial charge in [0.1, 0.15) is 5.70 Å². The summed E-state index contributed by atoms with van der Waals surface area (Å²) in [7, 11) is 2.05. The van der Waals surface area contributed by atoms with Crippen LogP contribution in [0, 0.1) is 0 Å². The molecule has 1 atom stereocenters. The van der Waals surface area contributed by atoms with Crippen molar-refractivity contribution in [1.82, 2.24) is 10.2 Å². The van der Waals surface area contributed by atoms with Gasteiger partial charge in [-0.1, -0.05) is 68.5 Å². The first-order valence-corrected chi connectivity index (χ1v) is 12.6. The second kappa shape index (κ2) is 20.5. The predicted molar refractivity (Wildman–Crippen MR) is 153 cm³/mol. The molecule has 1 heterocycles. The molecule has 0 aromatic rings. The molecule has 1 amide bonds. The van der Waals surface area contributed by atoms with E-state index >= 15 is 0 Å². The van der Waals surface area contributed by atoms with Crippen molar-refractivity contribution < 1.29 is 9.53 Å². The number of carbonyl (C=O) groups is 1. The van der Waals surface area contributed by atoms with E-state index in [0.29, 0.717) is 12.2 Å². The number of fused-ring (bicyclic) bond motifs is 1. The van der Waals surface area contributed by atoms with Crippen LogP contribution in [0.25, 0.3) is 0 Å². The number of ether oxygens (including phenoxy) is 1. The van der Waals surface area contributed by atoms with Crippen molar-refractivity contribution in [1.29, 1.82) is 0 Å². The largest absolute Gasteiger partial charge is 0.381 e. The molecule has 0 aromatic heterocycles. The van der Waals surface area contributed by atoms with Crippen molar-refractivity contribution in [3.05, 3.63) is 83.8 Å². The lowest BCUT2D eigenvalue weighted by molar-refractivity contribution is -0.117. The first-order valence-electron chi connectivity index (χ1n) is 12.6. The summed E-state index contributed by atoms with van der Waals surface area (Å²) in [5.74, 6) is -0.143. The molecule has 1 aliphatic heterocycles. The van der Waals surface area contributed by atoms with Gasteiger partial charge in [0.05, 0.1) is 6.04 Å². The van der Waals surface area contributed by atoms with Gasteiger partial charge in [-0.05, 0) is 70.9 Å². The van der Waals surface area contributed by atoms with Gasteiger partial charge in [-0.2, -0.15) is 0 Å². The average Bonchev–Trinajstić information content (AvgIpc) is 2.86. The van der Waals surface area contributed by atoms with E-state index < -0.39 is 0 Å². The number of nitrogens with one attached hydrogen (secondary N) is 1. The highest BCUT2D eigenvalue weighted by Gasteiger charge is 2.21. The first-order chi connectivity index (χ1) is 16.9. The van der Waals surface area contributed by atoms with Gasteiger partial charge in [0, 0.05) is 32.5 Å². The summed E-state index contributed by atoms with van der Waals surface area (Å²) >= 11 is 0. The summed E-state index contributed by atoms with van der Waals surface area (Å²) in [4.78, 5) is 18.6. The average molecular weight is 482 g/mol. The van der Waals surface area contributed by atoms with Crippen molar-refractivity contribution in [2.75, 3.05) is 26.8 Å². The van der Waals surface area contributed by atoms with Crippen molar-refractivity contribution in [3.63, 3.8) is 0 Å². The zero-order valence-electron chi connectivity index (χ0n) is 23.2. The molecule has 0 bridgehead atoms. The van der Waals surface area contributed by atoms with Crippen LogP contribution in [0.15, 0.2) is 88.8 Å². The number of amides is 1. The fourth-order valence-electron chi connectivity index (χ4n) is 3.11. The van der Waals surface area contributed by atoms with E-state index in [-0.39, 0.29) is 11.9 Å². The minimum Gasteiger partial charge on any atom is -0.381 e. The third-order valence-electron chi connectivity index (χ3n) is 4.80. The summed E-state index contributed by atoms with van der Waals surface area (Å²) in [6.45, 7) is 16.2. The van der Waals surface area contributed by atoms with E-state index in [2.05, 4.69) is 60.4 Å². The molecule has 5 heteroatoms. The van der Waals surface area contributed by atoms with E-state index in [1.807, 2.05) is 71.2 Å². The van der Waals surface area contributed by atoms with Crippen LogP contribution < -0.4 is 5.32 Å². The summed E-state index contributed by atoms with van der Waals surface area (Å²) in [5.41, 5.74) is 3.68. The molecule has 1 unspecified atom stereocenters. The smallest absolute Gasteiger partial charge is 0.269 e. The number of likely N-dealkylation sites (N-methyl/N-ethyl adjacent to an activating group) is 1. The maximum atomic E-state index is 12.2. The molecule has 2 rings (SSSR count). The summed E-state index contributed by atoms with van der Waals surface area (Å²) in [6, 6.07) is 0.249. The lowest BCUT2D eigenvalue weighted by Crippen LogP contribution is -2.34. The summed E-state index contributed by atoms with van der Waals surface area (Å²) in [6.07, 6.45) is 24.5. The van der Waals surface area contributed by atoms with Crippen LogP contribution in [0.5, 0.6) is 0 Å². The fraction of sp³-hybridized carbons (Fsp3) is 0.467. The highest BCUT2D eigenvalue weighted by atomic mass is 16.5. The Morgan fingerprint density at radius 2 is 1.69 bits per heavy atom. The topological polar surface area (TPSA) is 53.9 Å². The number of hydrogen-bond acceptors (Lipinski definition) is 4. The molecule has 35 heavy (non-hydrogen) atoms. The Hall–Kier alpha value is -2.92.